The van der Waals surface area contributed by atoms with Gasteiger partial charge in [0.2, 0.25) is 0 Å². The van der Waals surface area contributed by atoms with Crippen LogP contribution < -0.4 is 0 Å². The van der Waals surface area contributed by atoms with E-state index in [9.17, 15) is 19.8 Å². The number of aromatic hydroxyl groups is 2. The average Bonchev–Trinajstić information content (AvgIpc) is 2.33. The molecular formula is C15H21NO5. The lowest BCUT2D eigenvalue weighted by Crippen LogP contribution is -2.31. The van der Waals surface area contributed by atoms with E-state index in [4.69, 9.17) is 4.74 Å². The standard InChI is InChI=1S/C15H21NO5/c1-15(2,3)21-12(19)8-9-16(4)14(20)13-10(17)6-5-7-11(13)18/h5-7,17-18H,8-9H2,1-4H3. The molecule has 21 heavy (non-hydrogen) atoms. The van der Waals surface area contributed by atoms with Crippen molar-refractivity contribution in [1.82, 2.24) is 4.90 Å². The Labute approximate surface area is 124 Å². The van der Waals surface area contributed by atoms with E-state index in [-0.39, 0.29) is 30.0 Å². The van der Waals surface area contributed by atoms with Crippen molar-refractivity contribution < 1.29 is 24.5 Å². The first-order chi connectivity index (χ1) is 9.61. The van der Waals surface area contributed by atoms with Gasteiger partial charge in [0.15, 0.2) is 0 Å². The van der Waals surface area contributed by atoms with Crippen molar-refractivity contribution in [1.29, 1.82) is 0 Å². The zero-order valence-electron chi connectivity index (χ0n) is 12.7. The fourth-order valence-electron chi connectivity index (χ4n) is 1.69. The van der Waals surface area contributed by atoms with Crippen LogP contribution in [-0.4, -0.2) is 46.2 Å². The summed E-state index contributed by atoms with van der Waals surface area (Å²) in [4.78, 5) is 25.0. The maximum atomic E-state index is 12.1. The summed E-state index contributed by atoms with van der Waals surface area (Å²) in [5, 5.41) is 19.3. The first kappa shape index (κ1) is 16.8. The summed E-state index contributed by atoms with van der Waals surface area (Å²) in [6, 6.07) is 4.06. The zero-order valence-corrected chi connectivity index (χ0v) is 12.7. The molecule has 116 valence electrons. The number of phenols is 2. The van der Waals surface area contributed by atoms with Gasteiger partial charge in [-0.1, -0.05) is 6.07 Å². The minimum absolute atomic E-state index is 0.0356. The molecule has 1 aromatic carbocycles. The molecule has 0 atom stereocenters. The molecule has 6 heteroatoms. The van der Waals surface area contributed by atoms with E-state index >= 15 is 0 Å². The van der Waals surface area contributed by atoms with Gasteiger partial charge >= 0.3 is 5.97 Å². The van der Waals surface area contributed by atoms with E-state index in [2.05, 4.69) is 0 Å². The van der Waals surface area contributed by atoms with Crippen molar-refractivity contribution in [3.63, 3.8) is 0 Å². The number of phenolic OH excluding ortho intramolecular Hbond substituents is 2. The van der Waals surface area contributed by atoms with Crippen LogP contribution in [0.2, 0.25) is 0 Å². The molecule has 0 aromatic heterocycles. The fraction of sp³-hybridized carbons (Fsp3) is 0.467. The smallest absolute Gasteiger partial charge is 0.308 e. The molecule has 1 amide bonds. The van der Waals surface area contributed by atoms with Crippen molar-refractivity contribution in [3.05, 3.63) is 23.8 Å². The number of esters is 1. The highest BCUT2D eigenvalue weighted by Crippen LogP contribution is 2.27. The summed E-state index contributed by atoms with van der Waals surface area (Å²) in [5.41, 5.74) is -0.750. The van der Waals surface area contributed by atoms with Gasteiger partial charge < -0.3 is 19.8 Å². The van der Waals surface area contributed by atoms with E-state index < -0.39 is 17.5 Å². The molecule has 0 aliphatic heterocycles. The van der Waals surface area contributed by atoms with Gasteiger partial charge in [-0.3, -0.25) is 9.59 Å². The van der Waals surface area contributed by atoms with Crippen LogP contribution in [0.5, 0.6) is 11.5 Å². The SMILES string of the molecule is CN(CCC(=O)OC(C)(C)C)C(=O)c1c(O)cccc1O. The van der Waals surface area contributed by atoms with Crippen LogP contribution in [0, 0.1) is 0 Å². The lowest BCUT2D eigenvalue weighted by molar-refractivity contribution is -0.154. The first-order valence-corrected chi connectivity index (χ1v) is 6.60. The van der Waals surface area contributed by atoms with E-state index in [0.29, 0.717) is 0 Å². The quantitative estimate of drug-likeness (QED) is 0.828. The summed E-state index contributed by atoms with van der Waals surface area (Å²) < 4.78 is 5.15. The number of carbonyl (C=O) groups excluding carboxylic acids is 2. The average molecular weight is 295 g/mol. The highest BCUT2D eigenvalue weighted by Gasteiger charge is 2.21. The molecule has 0 saturated heterocycles. The number of nitrogens with zero attached hydrogens (tertiary/aromatic N) is 1. The van der Waals surface area contributed by atoms with Crippen LogP contribution in [0.3, 0.4) is 0 Å². The maximum absolute atomic E-state index is 12.1. The summed E-state index contributed by atoms with van der Waals surface area (Å²) in [6.45, 7) is 5.42. The van der Waals surface area contributed by atoms with Gasteiger partial charge in [0.1, 0.15) is 22.7 Å². The lowest BCUT2D eigenvalue weighted by atomic mass is 10.1. The van der Waals surface area contributed by atoms with Crippen molar-refractivity contribution in [2.24, 2.45) is 0 Å². The second-order valence-corrected chi connectivity index (χ2v) is 5.73. The van der Waals surface area contributed by atoms with Crippen LogP contribution in [0.15, 0.2) is 18.2 Å². The number of rotatable bonds is 4. The predicted octanol–water partition coefficient (Wildman–Crippen LogP) is 1.90. The highest BCUT2D eigenvalue weighted by molar-refractivity contribution is 5.99. The lowest BCUT2D eigenvalue weighted by Gasteiger charge is -2.21. The minimum Gasteiger partial charge on any atom is -0.507 e. The molecule has 1 rings (SSSR count). The topological polar surface area (TPSA) is 87.1 Å². The molecule has 0 bridgehead atoms. The van der Waals surface area contributed by atoms with Crippen LogP contribution >= 0.6 is 0 Å². The van der Waals surface area contributed by atoms with Gasteiger partial charge in [-0.2, -0.15) is 0 Å². The molecule has 0 spiro atoms. The van der Waals surface area contributed by atoms with Crippen molar-refractivity contribution >= 4 is 11.9 Å². The molecular weight excluding hydrogens is 274 g/mol. The molecule has 0 aliphatic carbocycles. The summed E-state index contributed by atoms with van der Waals surface area (Å²) in [6.07, 6.45) is 0.0356. The van der Waals surface area contributed by atoms with Crippen molar-refractivity contribution in [2.75, 3.05) is 13.6 Å². The molecule has 0 fully saturated rings. The Bertz CT molecular complexity index is 513. The summed E-state index contributed by atoms with van der Waals surface area (Å²) in [5.74, 6) is -1.58. The van der Waals surface area contributed by atoms with Gasteiger partial charge in [0.05, 0.1) is 6.42 Å². The molecule has 6 nitrogen and oxygen atoms in total. The largest absolute Gasteiger partial charge is 0.507 e. The highest BCUT2D eigenvalue weighted by atomic mass is 16.6. The Morgan fingerprint density at radius 2 is 1.71 bits per heavy atom. The third-order valence-corrected chi connectivity index (χ3v) is 2.65. The van der Waals surface area contributed by atoms with E-state index in [1.54, 1.807) is 20.8 Å². The molecule has 1 aromatic rings. The van der Waals surface area contributed by atoms with Crippen LogP contribution in [0.1, 0.15) is 37.6 Å². The number of hydrogen-bond acceptors (Lipinski definition) is 5. The Balaban J connectivity index is 2.66. The van der Waals surface area contributed by atoms with Crippen molar-refractivity contribution in [3.8, 4) is 11.5 Å². The second-order valence-electron chi connectivity index (χ2n) is 5.73. The Morgan fingerprint density at radius 3 is 2.19 bits per heavy atom. The van der Waals surface area contributed by atoms with Gasteiger partial charge in [-0.15, -0.1) is 0 Å². The Kier molecular flexibility index (Phi) is 5.18. The molecule has 0 radical (unpaired) electrons. The van der Waals surface area contributed by atoms with Crippen molar-refractivity contribution in [2.45, 2.75) is 32.8 Å². The number of benzene rings is 1. The van der Waals surface area contributed by atoms with Crippen LogP contribution in [0.25, 0.3) is 0 Å². The van der Waals surface area contributed by atoms with E-state index in [0.717, 1.165) is 0 Å². The monoisotopic (exact) mass is 295 g/mol. The molecule has 0 unspecified atom stereocenters. The zero-order chi connectivity index (χ0) is 16.2. The van der Waals surface area contributed by atoms with Crippen LogP contribution in [-0.2, 0) is 9.53 Å². The van der Waals surface area contributed by atoms with Gasteiger partial charge in [0.25, 0.3) is 5.91 Å². The number of ether oxygens (including phenoxy) is 1. The second kappa shape index (κ2) is 6.47. The predicted molar refractivity (Wildman–Crippen MR) is 77.2 cm³/mol. The van der Waals surface area contributed by atoms with E-state index in [1.165, 1.54) is 30.1 Å². The fourth-order valence-corrected chi connectivity index (χ4v) is 1.69. The normalized spacial score (nSPS) is 11.0. The summed E-state index contributed by atoms with van der Waals surface area (Å²) >= 11 is 0. The molecule has 0 saturated carbocycles. The number of carbonyl (C=O) groups is 2. The Morgan fingerprint density at radius 1 is 1.19 bits per heavy atom. The van der Waals surface area contributed by atoms with Gasteiger partial charge in [-0.25, -0.2) is 0 Å². The first-order valence-electron chi connectivity index (χ1n) is 6.60. The third-order valence-electron chi connectivity index (χ3n) is 2.65. The van der Waals surface area contributed by atoms with Crippen LogP contribution in [0.4, 0.5) is 0 Å². The van der Waals surface area contributed by atoms with E-state index in [1.807, 2.05) is 0 Å². The number of amides is 1. The molecule has 0 aliphatic rings. The Hall–Kier alpha value is -2.24. The minimum atomic E-state index is -0.574. The van der Waals surface area contributed by atoms with Gasteiger partial charge in [0, 0.05) is 13.6 Å². The van der Waals surface area contributed by atoms with Gasteiger partial charge in [-0.05, 0) is 32.9 Å². The molecule has 0 heterocycles. The third kappa shape index (κ3) is 4.98. The summed E-state index contributed by atoms with van der Waals surface area (Å²) in [7, 11) is 1.48. The molecule has 2 N–H and O–H groups in total. The number of hydrogen-bond donors (Lipinski definition) is 2. The maximum Gasteiger partial charge on any atom is 0.308 e.